The summed E-state index contributed by atoms with van der Waals surface area (Å²) in [6.07, 6.45) is 6.98. The van der Waals surface area contributed by atoms with Gasteiger partial charge in [0.15, 0.2) is 5.16 Å². The van der Waals surface area contributed by atoms with Gasteiger partial charge >= 0.3 is 0 Å². The third kappa shape index (κ3) is 2.79. The van der Waals surface area contributed by atoms with Gasteiger partial charge in [-0.25, -0.2) is 4.98 Å². The van der Waals surface area contributed by atoms with E-state index in [4.69, 9.17) is 0 Å². The lowest BCUT2D eigenvalue weighted by Crippen LogP contribution is -2.35. The molecule has 96 valence electrons. The molecule has 1 aromatic heterocycles. The summed E-state index contributed by atoms with van der Waals surface area (Å²) >= 11 is 0. The summed E-state index contributed by atoms with van der Waals surface area (Å²) in [6.45, 7) is 6.75. The summed E-state index contributed by atoms with van der Waals surface area (Å²) in [6, 6.07) is 0. The third-order valence-electron chi connectivity index (χ3n) is 3.90. The maximum atomic E-state index is 12.5. The Labute approximate surface area is 106 Å². The SMILES string of the molecule is CC(C)[C@@H]1CC[C@@H](C)C[C@@H]1[S@@](=O)c1ncc[nH]1. The predicted molar refractivity (Wildman–Crippen MR) is 70.1 cm³/mol. The van der Waals surface area contributed by atoms with Gasteiger partial charge < -0.3 is 4.98 Å². The summed E-state index contributed by atoms with van der Waals surface area (Å²) in [5, 5.41) is 0.916. The van der Waals surface area contributed by atoms with Crippen molar-refractivity contribution in [1.82, 2.24) is 9.97 Å². The van der Waals surface area contributed by atoms with Gasteiger partial charge in [0.2, 0.25) is 0 Å². The lowest BCUT2D eigenvalue weighted by molar-refractivity contribution is 0.240. The minimum atomic E-state index is -0.977. The van der Waals surface area contributed by atoms with Gasteiger partial charge in [0, 0.05) is 17.6 Å². The van der Waals surface area contributed by atoms with Crippen LogP contribution in [0.1, 0.15) is 40.0 Å². The van der Waals surface area contributed by atoms with Crippen molar-refractivity contribution in [3.05, 3.63) is 12.4 Å². The fourth-order valence-corrected chi connectivity index (χ4v) is 4.77. The Hall–Kier alpha value is -0.640. The average Bonchev–Trinajstić information content (AvgIpc) is 2.80. The molecule has 0 saturated heterocycles. The lowest BCUT2D eigenvalue weighted by atomic mass is 9.77. The molecule has 1 aliphatic rings. The van der Waals surface area contributed by atoms with E-state index >= 15 is 0 Å². The van der Waals surface area contributed by atoms with E-state index in [9.17, 15) is 4.21 Å². The molecule has 17 heavy (non-hydrogen) atoms. The first-order valence-electron chi connectivity index (χ1n) is 6.49. The van der Waals surface area contributed by atoms with E-state index in [0.717, 1.165) is 6.42 Å². The molecule has 0 aromatic carbocycles. The Kier molecular flexibility index (Phi) is 4.02. The van der Waals surface area contributed by atoms with Gasteiger partial charge in [0.05, 0.1) is 10.8 Å². The highest BCUT2D eigenvalue weighted by atomic mass is 32.2. The van der Waals surface area contributed by atoms with Crippen molar-refractivity contribution in [3.63, 3.8) is 0 Å². The Morgan fingerprint density at radius 3 is 2.82 bits per heavy atom. The van der Waals surface area contributed by atoms with Crippen LogP contribution in [0.2, 0.25) is 0 Å². The predicted octanol–water partition coefficient (Wildman–Crippen LogP) is 2.98. The minimum Gasteiger partial charge on any atom is -0.338 e. The van der Waals surface area contributed by atoms with E-state index in [0.29, 0.717) is 22.9 Å². The van der Waals surface area contributed by atoms with Gasteiger partial charge in [-0.1, -0.05) is 27.2 Å². The van der Waals surface area contributed by atoms with E-state index in [1.54, 1.807) is 12.4 Å². The van der Waals surface area contributed by atoms with Crippen molar-refractivity contribution >= 4 is 10.8 Å². The van der Waals surface area contributed by atoms with Crippen molar-refractivity contribution in [1.29, 1.82) is 0 Å². The Balaban J connectivity index is 2.17. The molecule has 1 aromatic rings. The molecular formula is C13H22N2OS. The van der Waals surface area contributed by atoms with Gasteiger partial charge in [0.1, 0.15) is 0 Å². The molecule has 0 radical (unpaired) electrons. The molecule has 3 nitrogen and oxygen atoms in total. The number of aromatic nitrogens is 2. The number of rotatable bonds is 3. The van der Waals surface area contributed by atoms with Crippen LogP contribution in [0.4, 0.5) is 0 Å². The number of nitrogens with one attached hydrogen (secondary N) is 1. The summed E-state index contributed by atoms with van der Waals surface area (Å²) in [7, 11) is -0.977. The van der Waals surface area contributed by atoms with Gasteiger partial charge in [-0.2, -0.15) is 0 Å². The van der Waals surface area contributed by atoms with Gasteiger partial charge in [0.25, 0.3) is 0 Å². The number of imidazole rings is 1. The van der Waals surface area contributed by atoms with Crippen molar-refractivity contribution in [2.45, 2.75) is 50.4 Å². The highest BCUT2D eigenvalue weighted by Crippen LogP contribution is 2.37. The van der Waals surface area contributed by atoms with Crippen LogP contribution in [0.25, 0.3) is 0 Å². The Morgan fingerprint density at radius 2 is 2.24 bits per heavy atom. The molecule has 1 saturated carbocycles. The molecule has 0 aliphatic heterocycles. The van der Waals surface area contributed by atoms with Crippen molar-refractivity contribution in [3.8, 4) is 0 Å². The number of nitrogens with zero attached hydrogens (tertiary/aromatic N) is 1. The molecule has 0 bridgehead atoms. The summed E-state index contributed by atoms with van der Waals surface area (Å²) < 4.78 is 12.5. The highest BCUT2D eigenvalue weighted by Gasteiger charge is 2.35. The smallest absolute Gasteiger partial charge is 0.196 e. The normalized spacial score (nSPS) is 31.6. The monoisotopic (exact) mass is 254 g/mol. The molecule has 1 aliphatic carbocycles. The van der Waals surface area contributed by atoms with Crippen LogP contribution < -0.4 is 0 Å². The fraction of sp³-hybridized carbons (Fsp3) is 0.769. The van der Waals surface area contributed by atoms with Crippen LogP contribution in [-0.4, -0.2) is 19.4 Å². The van der Waals surface area contributed by atoms with E-state index < -0.39 is 10.8 Å². The third-order valence-corrected chi connectivity index (χ3v) is 5.60. The van der Waals surface area contributed by atoms with Crippen LogP contribution in [-0.2, 0) is 10.8 Å². The Bertz CT molecular complexity index is 375. The second-order valence-electron chi connectivity index (χ2n) is 5.56. The molecule has 4 atom stereocenters. The van der Waals surface area contributed by atoms with Gasteiger partial charge in [-0.3, -0.25) is 4.21 Å². The molecular weight excluding hydrogens is 232 g/mol. The molecule has 2 rings (SSSR count). The zero-order chi connectivity index (χ0) is 12.4. The second kappa shape index (κ2) is 5.34. The first kappa shape index (κ1) is 12.8. The van der Waals surface area contributed by atoms with Crippen LogP contribution in [0.15, 0.2) is 17.6 Å². The minimum absolute atomic E-state index is 0.268. The number of hydrogen-bond donors (Lipinski definition) is 1. The zero-order valence-electron chi connectivity index (χ0n) is 10.8. The second-order valence-corrected chi connectivity index (χ2v) is 7.14. The quantitative estimate of drug-likeness (QED) is 0.901. The van der Waals surface area contributed by atoms with Crippen molar-refractivity contribution in [2.24, 2.45) is 17.8 Å². The summed E-state index contributed by atoms with van der Waals surface area (Å²) in [4.78, 5) is 7.15. The van der Waals surface area contributed by atoms with Crippen LogP contribution >= 0.6 is 0 Å². The van der Waals surface area contributed by atoms with Crippen LogP contribution in [0.5, 0.6) is 0 Å². The molecule has 1 N–H and O–H groups in total. The molecule has 0 unspecified atom stereocenters. The van der Waals surface area contributed by atoms with Gasteiger partial charge in [-0.15, -0.1) is 0 Å². The average molecular weight is 254 g/mol. The summed E-state index contributed by atoms with van der Waals surface area (Å²) in [5.74, 6) is 1.86. The van der Waals surface area contributed by atoms with Crippen molar-refractivity contribution < 1.29 is 4.21 Å². The topological polar surface area (TPSA) is 45.8 Å². The highest BCUT2D eigenvalue weighted by molar-refractivity contribution is 7.85. The standard InChI is InChI=1S/C13H22N2OS/c1-9(2)11-5-4-10(3)8-12(11)17(16)13-14-6-7-15-13/h6-7,9-12H,4-5,8H2,1-3H3,(H,14,15)/t10-,11+,12+,17-/m1/s1. The van der Waals surface area contributed by atoms with E-state index in [-0.39, 0.29) is 5.25 Å². The van der Waals surface area contributed by atoms with Crippen molar-refractivity contribution in [2.75, 3.05) is 0 Å². The first-order valence-corrected chi connectivity index (χ1v) is 7.71. The van der Waals surface area contributed by atoms with E-state index in [2.05, 4.69) is 30.7 Å². The maximum absolute atomic E-state index is 12.5. The number of aromatic amines is 1. The summed E-state index contributed by atoms with van der Waals surface area (Å²) in [5.41, 5.74) is 0. The Morgan fingerprint density at radius 1 is 1.47 bits per heavy atom. The first-order chi connectivity index (χ1) is 8.09. The molecule has 0 amide bonds. The maximum Gasteiger partial charge on any atom is 0.196 e. The molecule has 1 heterocycles. The van der Waals surface area contributed by atoms with Crippen LogP contribution in [0.3, 0.4) is 0 Å². The van der Waals surface area contributed by atoms with Crippen LogP contribution in [0, 0.1) is 17.8 Å². The molecule has 4 heteroatoms. The lowest BCUT2D eigenvalue weighted by Gasteiger charge is -2.36. The molecule has 1 fully saturated rings. The molecule has 0 spiro atoms. The van der Waals surface area contributed by atoms with E-state index in [1.807, 2.05) is 0 Å². The number of hydrogen-bond acceptors (Lipinski definition) is 2. The number of H-pyrrole nitrogens is 1. The van der Waals surface area contributed by atoms with Gasteiger partial charge in [-0.05, 0) is 30.6 Å². The van der Waals surface area contributed by atoms with E-state index in [1.165, 1.54) is 12.8 Å². The zero-order valence-corrected chi connectivity index (χ0v) is 11.7. The fourth-order valence-electron chi connectivity index (χ4n) is 2.87. The largest absolute Gasteiger partial charge is 0.338 e.